The van der Waals surface area contributed by atoms with E-state index in [4.69, 9.17) is 18.9 Å². The third kappa shape index (κ3) is 46.7. The van der Waals surface area contributed by atoms with Gasteiger partial charge in [0, 0.05) is 57.9 Å². The van der Waals surface area contributed by atoms with E-state index < -0.39 is 0 Å². The number of unbranched alkanes of at least 4 members (excludes halogenated alkanes) is 19. The fourth-order valence-corrected chi connectivity index (χ4v) is 7.44. The molecule has 1 saturated carbocycles. The third-order valence-electron chi connectivity index (χ3n) is 11.2. The Morgan fingerprint density at radius 3 is 1.57 bits per heavy atom. The molecule has 1 aliphatic rings. The highest BCUT2D eigenvalue weighted by atomic mass is 32.1. The van der Waals surface area contributed by atoms with Crippen LogP contribution < -0.4 is 10.6 Å². The molecule has 6 nitrogen and oxygen atoms in total. The smallest absolute Gasteiger partial charge is 0.157 e. The van der Waals surface area contributed by atoms with Gasteiger partial charge in [0.25, 0.3) is 0 Å². The number of rotatable bonds is 42. The molecular weight excluding hydrogens is 797 g/mol. The van der Waals surface area contributed by atoms with Crippen molar-refractivity contribution in [3.8, 4) is 0 Å². The maximum Gasteiger partial charge on any atom is 0.157 e. The number of ether oxygens (including phenoxy) is 4. The van der Waals surface area contributed by atoms with Crippen LogP contribution in [0.5, 0.6) is 0 Å². The standard InChI is InChI=1S/C47H87NO4.C5H11NS.2C2H6/c1-7-11-14-17-20-21-22-23-24-25-26-27-28-29-32-35-42(5)51-45-40-43(48-6)41-46(45)52-44(10-4)36-37-47(49-38-33-30-18-15-12-8-2)50-39-34-31-19-16-13-9-3;1-2-3-4-6-5-7;2*1-2/h10,20-21,23-24,43,45-48H,5,7-9,11-19,22,25-41H2,1-4,6H3;5H,2-4H2,1H3,(H,6,7);2*1-2H3/b21-20-,24-23-,44-10-;;;. The van der Waals surface area contributed by atoms with E-state index in [1.807, 2.05) is 34.7 Å². The van der Waals surface area contributed by atoms with E-state index in [2.05, 4.69) is 94.4 Å². The van der Waals surface area contributed by atoms with Crippen LogP contribution in [0.15, 0.2) is 48.5 Å². The largest absolute Gasteiger partial charge is 0.491 e. The molecule has 7 heteroatoms. The summed E-state index contributed by atoms with van der Waals surface area (Å²) >= 11 is 4.53. The van der Waals surface area contributed by atoms with Gasteiger partial charge in [-0.25, -0.2) is 0 Å². The van der Waals surface area contributed by atoms with Crippen molar-refractivity contribution in [1.82, 2.24) is 10.6 Å². The second-order valence-corrected chi connectivity index (χ2v) is 17.0. The van der Waals surface area contributed by atoms with E-state index >= 15 is 0 Å². The maximum atomic E-state index is 6.68. The lowest BCUT2D eigenvalue weighted by Crippen LogP contribution is -2.26. The Kier molecular flexibility index (Phi) is 58.8. The molecule has 0 aromatic heterocycles. The monoisotopic (exact) mass is 907 g/mol. The molecule has 2 N–H and O–H groups in total. The Morgan fingerprint density at radius 1 is 0.603 bits per heavy atom. The number of nitrogens with one attached hydrogen (secondary N) is 2. The average Bonchev–Trinajstić information content (AvgIpc) is 3.70. The second kappa shape index (κ2) is 56.5. The van der Waals surface area contributed by atoms with E-state index in [9.17, 15) is 0 Å². The summed E-state index contributed by atoms with van der Waals surface area (Å²) in [4.78, 5) is 0. The molecule has 0 aromatic carbocycles. The number of thiocarbonyl (C=S) groups is 1. The zero-order valence-electron chi connectivity index (χ0n) is 43.9. The summed E-state index contributed by atoms with van der Waals surface area (Å²) in [7, 11) is 2.05. The van der Waals surface area contributed by atoms with Crippen molar-refractivity contribution < 1.29 is 18.9 Å². The molecule has 0 amide bonds. The molecule has 0 heterocycles. The highest BCUT2D eigenvalue weighted by Crippen LogP contribution is 2.31. The minimum Gasteiger partial charge on any atom is -0.491 e. The molecule has 0 radical (unpaired) electrons. The Bertz CT molecular complexity index is 984. The first-order valence-corrected chi connectivity index (χ1v) is 27.5. The molecule has 3 atom stereocenters. The van der Waals surface area contributed by atoms with Gasteiger partial charge in [-0.15, -0.1) is 0 Å². The first kappa shape index (κ1) is 65.6. The van der Waals surface area contributed by atoms with Crippen LogP contribution in [-0.2, 0) is 18.9 Å². The summed E-state index contributed by atoms with van der Waals surface area (Å²) in [5, 5.41) is 6.41. The molecule has 0 aromatic rings. The van der Waals surface area contributed by atoms with Gasteiger partial charge in [-0.2, -0.15) is 0 Å². The van der Waals surface area contributed by atoms with Crippen molar-refractivity contribution >= 4 is 17.7 Å². The van der Waals surface area contributed by atoms with Gasteiger partial charge in [0.1, 0.15) is 12.2 Å². The molecule has 3 unspecified atom stereocenters. The number of hydrogen-bond acceptors (Lipinski definition) is 6. The number of hydrogen-bond donors (Lipinski definition) is 2. The van der Waals surface area contributed by atoms with E-state index in [1.165, 1.54) is 135 Å². The van der Waals surface area contributed by atoms with Crippen LogP contribution in [0.3, 0.4) is 0 Å². The lowest BCUT2D eigenvalue weighted by atomic mass is 10.1. The SMILES string of the molecule is C=C(CCCCCCC/C=C\C/C=C\CCCCC)OC1CC(NC)CC1O/C(=C\C)CCC(OCCCCCCCC)OCCCCCCCC.CC.CC.CCCCNC=S. The molecule has 63 heavy (non-hydrogen) atoms. The average molecular weight is 908 g/mol. The van der Waals surface area contributed by atoms with E-state index in [0.717, 1.165) is 89.1 Å². The molecule has 0 aliphatic heterocycles. The zero-order valence-corrected chi connectivity index (χ0v) is 44.7. The van der Waals surface area contributed by atoms with Crippen LogP contribution in [-0.4, -0.2) is 56.8 Å². The molecule has 374 valence electrons. The highest BCUT2D eigenvalue weighted by Gasteiger charge is 2.37. The normalized spacial score (nSPS) is 16.0. The second-order valence-electron chi connectivity index (χ2n) is 16.7. The first-order chi connectivity index (χ1) is 31.0. The van der Waals surface area contributed by atoms with Crippen LogP contribution in [0.4, 0.5) is 0 Å². The van der Waals surface area contributed by atoms with Crippen LogP contribution >= 0.6 is 12.2 Å². The molecular formula is C56H110N2O4S. The lowest BCUT2D eigenvalue weighted by Gasteiger charge is -2.25. The molecule has 0 saturated heterocycles. The van der Waals surface area contributed by atoms with Crippen LogP contribution in [0, 0.1) is 0 Å². The van der Waals surface area contributed by atoms with Gasteiger partial charge in [0.2, 0.25) is 0 Å². The molecule has 0 bridgehead atoms. The van der Waals surface area contributed by atoms with Gasteiger partial charge in [-0.05, 0) is 77.8 Å². The summed E-state index contributed by atoms with van der Waals surface area (Å²) in [5.74, 6) is 1.93. The minimum atomic E-state index is -0.172. The molecule has 1 fully saturated rings. The van der Waals surface area contributed by atoms with Crippen LogP contribution in [0.1, 0.15) is 255 Å². The fraction of sp³-hybridized carbons (Fsp3) is 0.839. The Labute approximate surface area is 400 Å². The summed E-state index contributed by atoms with van der Waals surface area (Å²) in [5.41, 5.74) is 1.57. The highest BCUT2D eigenvalue weighted by molar-refractivity contribution is 7.78. The van der Waals surface area contributed by atoms with Gasteiger partial charge >= 0.3 is 0 Å². The molecule has 1 rings (SSSR count). The Hall–Kier alpha value is -1.67. The Balaban J connectivity index is -0.00000292. The summed E-state index contributed by atoms with van der Waals surface area (Å²) in [6, 6.07) is 0.394. The van der Waals surface area contributed by atoms with Crippen LogP contribution in [0.25, 0.3) is 0 Å². The van der Waals surface area contributed by atoms with E-state index in [-0.39, 0.29) is 18.5 Å². The molecule has 1 aliphatic carbocycles. The van der Waals surface area contributed by atoms with Gasteiger partial charge in [-0.3, -0.25) is 0 Å². The third-order valence-corrected chi connectivity index (χ3v) is 11.4. The van der Waals surface area contributed by atoms with Gasteiger partial charge in [-0.1, -0.05) is 201 Å². The van der Waals surface area contributed by atoms with Gasteiger partial charge in [0.05, 0.1) is 17.0 Å². The lowest BCUT2D eigenvalue weighted by molar-refractivity contribution is -0.148. The van der Waals surface area contributed by atoms with Gasteiger partial charge in [0.15, 0.2) is 6.29 Å². The van der Waals surface area contributed by atoms with Crippen molar-refractivity contribution in [3.05, 3.63) is 48.5 Å². The van der Waals surface area contributed by atoms with E-state index in [0.29, 0.717) is 6.04 Å². The summed E-state index contributed by atoms with van der Waals surface area (Å²) in [6.45, 7) is 25.9. The summed E-state index contributed by atoms with van der Waals surface area (Å²) in [6.07, 6.45) is 47.2. The quantitative estimate of drug-likeness (QED) is 0.0208. The van der Waals surface area contributed by atoms with Crippen molar-refractivity contribution in [3.63, 3.8) is 0 Å². The Morgan fingerprint density at radius 2 is 1.06 bits per heavy atom. The predicted octanol–water partition coefficient (Wildman–Crippen LogP) is 17.6. The van der Waals surface area contributed by atoms with Crippen molar-refractivity contribution in [2.75, 3.05) is 26.8 Å². The first-order valence-electron chi connectivity index (χ1n) is 27.0. The number of allylic oxidation sites excluding steroid dienone is 7. The zero-order chi connectivity index (χ0) is 47.3. The predicted molar refractivity (Wildman–Crippen MR) is 285 cm³/mol. The van der Waals surface area contributed by atoms with Gasteiger partial charge < -0.3 is 29.6 Å². The summed E-state index contributed by atoms with van der Waals surface area (Å²) < 4.78 is 25.8. The maximum absolute atomic E-state index is 6.68. The minimum absolute atomic E-state index is 0.0246. The van der Waals surface area contributed by atoms with E-state index in [1.54, 1.807) is 5.49 Å². The van der Waals surface area contributed by atoms with Crippen molar-refractivity contribution in [2.24, 2.45) is 0 Å². The topological polar surface area (TPSA) is 61.0 Å². The fourth-order valence-electron chi connectivity index (χ4n) is 7.32. The molecule has 0 spiro atoms. The van der Waals surface area contributed by atoms with Crippen LogP contribution in [0.2, 0.25) is 0 Å². The van der Waals surface area contributed by atoms with Crippen molar-refractivity contribution in [2.45, 2.75) is 279 Å². The van der Waals surface area contributed by atoms with Crippen molar-refractivity contribution in [1.29, 1.82) is 0 Å².